The van der Waals surface area contributed by atoms with Crippen molar-refractivity contribution in [3.63, 3.8) is 0 Å². The van der Waals surface area contributed by atoms with Gasteiger partial charge in [-0.05, 0) is 12.1 Å². The Morgan fingerprint density at radius 3 is 2.44 bits per heavy atom. The Morgan fingerprint density at radius 2 is 2.00 bits per heavy atom. The molecule has 1 rings (SSSR count). The number of methoxy groups -OCH3 is 1. The molecule has 0 amide bonds. The summed E-state index contributed by atoms with van der Waals surface area (Å²) in [7, 11) is 0.966. The van der Waals surface area contributed by atoms with E-state index in [-0.39, 0.29) is 0 Å². The number of halogens is 4. The van der Waals surface area contributed by atoms with Gasteiger partial charge in [0.05, 0.1) is 12.7 Å². The van der Waals surface area contributed by atoms with Crippen molar-refractivity contribution in [2.45, 2.75) is 6.36 Å². The van der Waals surface area contributed by atoms with E-state index in [0.717, 1.165) is 13.2 Å². The summed E-state index contributed by atoms with van der Waals surface area (Å²) in [6.07, 6.45) is -5.06. The van der Waals surface area contributed by atoms with Gasteiger partial charge in [0, 0.05) is 0 Å². The van der Waals surface area contributed by atoms with E-state index in [4.69, 9.17) is 5.26 Å². The van der Waals surface area contributed by atoms with Gasteiger partial charge >= 0.3 is 12.3 Å². The molecule has 0 saturated heterocycles. The molecule has 4 nitrogen and oxygen atoms in total. The van der Waals surface area contributed by atoms with Gasteiger partial charge in [0.25, 0.3) is 0 Å². The Bertz CT molecular complexity index is 519. The van der Waals surface area contributed by atoms with E-state index in [0.29, 0.717) is 6.07 Å². The Hall–Kier alpha value is -2.30. The zero-order valence-corrected chi connectivity index (χ0v) is 8.84. The van der Waals surface area contributed by atoms with Gasteiger partial charge in [-0.2, -0.15) is 5.26 Å². The smallest absolute Gasteiger partial charge is 0.465 e. The molecule has 0 heterocycles. The predicted molar refractivity (Wildman–Crippen MR) is 49.1 cm³/mol. The first-order valence-corrected chi connectivity index (χ1v) is 4.36. The summed E-state index contributed by atoms with van der Waals surface area (Å²) in [5.41, 5.74) is -1.67. The van der Waals surface area contributed by atoms with Crippen LogP contribution in [0.15, 0.2) is 12.1 Å². The third-order valence-electron chi connectivity index (χ3n) is 1.85. The van der Waals surface area contributed by atoms with Crippen LogP contribution in [0.1, 0.15) is 15.9 Å². The normalized spacial score (nSPS) is 10.7. The standard InChI is InChI=1S/C10H5F4NO3/c1-17-9(16)5-2-3-7(18-10(12,13)14)6(4-15)8(5)11/h2-3H,1H3. The van der Waals surface area contributed by atoms with Gasteiger partial charge < -0.3 is 9.47 Å². The molecule has 0 aliphatic carbocycles. The molecule has 0 N–H and O–H groups in total. The van der Waals surface area contributed by atoms with Crippen molar-refractivity contribution in [3.05, 3.63) is 29.1 Å². The van der Waals surface area contributed by atoms with Gasteiger partial charge in [0.2, 0.25) is 0 Å². The van der Waals surface area contributed by atoms with E-state index in [9.17, 15) is 22.4 Å². The van der Waals surface area contributed by atoms with Crippen LogP contribution in [0, 0.1) is 17.1 Å². The molecule has 0 saturated carbocycles. The second-order valence-corrected chi connectivity index (χ2v) is 2.95. The van der Waals surface area contributed by atoms with Crippen LogP contribution in [0.25, 0.3) is 0 Å². The molecule has 0 aliphatic rings. The molecule has 0 aromatic heterocycles. The SMILES string of the molecule is COC(=O)c1ccc(OC(F)(F)F)c(C#N)c1F. The molecular formula is C10H5F4NO3. The third-order valence-corrected chi connectivity index (χ3v) is 1.85. The molecule has 0 aliphatic heterocycles. The lowest BCUT2D eigenvalue weighted by molar-refractivity contribution is -0.274. The van der Waals surface area contributed by atoms with Crippen molar-refractivity contribution in [3.8, 4) is 11.8 Å². The minimum Gasteiger partial charge on any atom is -0.465 e. The van der Waals surface area contributed by atoms with Gasteiger partial charge in [-0.1, -0.05) is 0 Å². The third kappa shape index (κ3) is 2.88. The summed E-state index contributed by atoms with van der Waals surface area (Å²) in [6.45, 7) is 0. The van der Waals surface area contributed by atoms with E-state index in [1.807, 2.05) is 0 Å². The lowest BCUT2D eigenvalue weighted by Gasteiger charge is -2.11. The first kappa shape index (κ1) is 13.8. The first-order chi connectivity index (χ1) is 8.30. The summed E-state index contributed by atoms with van der Waals surface area (Å²) >= 11 is 0. The van der Waals surface area contributed by atoms with E-state index >= 15 is 0 Å². The van der Waals surface area contributed by atoms with Crippen LogP contribution in [0.4, 0.5) is 17.6 Å². The largest absolute Gasteiger partial charge is 0.573 e. The molecule has 0 fully saturated rings. The monoisotopic (exact) mass is 263 g/mol. The number of alkyl halides is 3. The molecule has 96 valence electrons. The van der Waals surface area contributed by atoms with Crippen molar-refractivity contribution in [1.29, 1.82) is 5.26 Å². The van der Waals surface area contributed by atoms with Crippen LogP contribution in [-0.2, 0) is 4.74 Å². The number of ether oxygens (including phenoxy) is 2. The second-order valence-electron chi connectivity index (χ2n) is 2.95. The molecular weight excluding hydrogens is 258 g/mol. The molecule has 1 aromatic carbocycles. The van der Waals surface area contributed by atoms with E-state index in [1.165, 1.54) is 6.07 Å². The predicted octanol–water partition coefficient (Wildman–Crippen LogP) is 2.38. The van der Waals surface area contributed by atoms with Gasteiger partial charge in [-0.25, -0.2) is 9.18 Å². The lowest BCUT2D eigenvalue weighted by atomic mass is 10.1. The number of hydrogen-bond acceptors (Lipinski definition) is 4. The molecule has 0 spiro atoms. The average Bonchev–Trinajstić information content (AvgIpc) is 2.26. The lowest BCUT2D eigenvalue weighted by Crippen LogP contribution is -2.18. The van der Waals surface area contributed by atoms with Gasteiger partial charge in [-0.15, -0.1) is 13.2 Å². The number of carbonyl (C=O) groups is 1. The van der Waals surface area contributed by atoms with Crippen molar-refractivity contribution in [1.82, 2.24) is 0 Å². The van der Waals surface area contributed by atoms with Crippen LogP contribution in [-0.4, -0.2) is 19.4 Å². The maximum Gasteiger partial charge on any atom is 0.573 e. The second kappa shape index (κ2) is 4.91. The van der Waals surface area contributed by atoms with Crippen LogP contribution in [0.2, 0.25) is 0 Å². The number of nitrogens with zero attached hydrogens (tertiary/aromatic N) is 1. The number of esters is 1. The number of nitriles is 1. The van der Waals surface area contributed by atoms with Crippen LogP contribution >= 0.6 is 0 Å². The summed E-state index contributed by atoms with van der Waals surface area (Å²) in [6, 6.07) is 2.61. The minimum absolute atomic E-state index is 0.649. The van der Waals surface area contributed by atoms with E-state index in [2.05, 4.69) is 9.47 Å². The molecule has 1 aromatic rings. The fourth-order valence-electron chi connectivity index (χ4n) is 1.14. The number of carbonyl (C=O) groups excluding carboxylic acids is 1. The minimum atomic E-state index is -5.06. The maximum absolute atomic E-state index is 13.6. The molecule has 0 bridgehead atoms. The van der Waals surface area contributed by atoms with Crippen molar-refractivity contribution < 1.29 is 31.8 Å². The average molecular weight is 263 g/mol. The summed E-state index contributed by atoms with van der Waals surface area (Å²) in [5, 5.41) is 8.59. The highest BCUT2D eigenvalue weighted by Crippen LogP contribution is 2.29. The summed E-state index contributed by atoms with van der Waals surface area (Å²) in [4.78, 5) is 11.1. The van der Waals surface area contributed by atoms with Crippen molar-refractivity contribution in [2.24, 2.45) is 0 Å². The topological polar surface area (TPSA) is 59.3 Å². The van der Waals surface area contributed by atoms with Crippen molar-refractivity contribution >= 4 is 5.97 Å². The maximum atomic E-state index is 13.6. The number of hydrogen-bond donors (Lipinski definition) is 0. The molecule has 0 unspecified atom stereocenters. The Labute approximate surface area is 98.3 Å². The Kier molecular flexibility index (Phi) is 3.76. The highest BCUT2D eigenvalue weighted by molar-refractivity contribution is 5.90. The zero-order valence-electron chi connectivity index (χ0n) is 8.84. The Balaban J connectivity index is 3.31. The van der Waals surface area contributed by atoms with Gasteiger partial charge in [0.15, 0.2) is 5.82 Å². The number of benzene rings is 1. The van der Waals surface area contributed by atoms with Crippen LogP contribution in [0.5, 0.6) is 5.75 Å². The fourth-order valence-corrected chi connectivity index (χ4v) is 1.14. The fraction of sp³-hybridized carbons (Fsp3) is 0.200. The van der Waals surface area contributed by atoms with E-state index < -0.39 is 35.0 Å². The molecule has 0 atom stereocenters. The summed E-state index contributed by atoms with van der Waals surface area (Å²) < 4.78 is 57.1. The van der Waals surface area contributed by atoms with Gasteiger partial charge in [-0.3, -0.25) is 0 Å². The highest BCUT2D eigenvalue weighted by atomic mass is 19.4. The van der Waals surface area contributed by atoms with E-state index in [1.54, 1.807) is 0 Å². The quantitative estimate of drug-likeness (QED) is 0.607. The molecule has 8 heteroatoms. The first-order valence-electron chi connectivity index (χ1n) is 4.36. The highest BCUT2D eigenvalue weighted by Gasteiger charge is 2.33. The molecule has 18 heavy (non-hydrogen) atoms. The Morgan fingerprint density at radius 1 is 1.39 bits per heavy atom. The van der Waals surface area contributed by atoms with Gasteiger partial charge in [0.1, 0.15) is 17.4 Å². The van der Waals surface area contributed by atoms with Crippen molar-refractivity contribution in [2.75, 3.05) is 7.11 Å². The van der Waals surface area contributed by atoms with Crippen LogP contribution < -0.4 is 4.74 Å². The molecule has 0 radical (unpaired) electrons. The summed E-state index contributed by atoms with van der Waals surface area (Å²) in [5.74, 6) is -3.55. The number of rotatable bonds is 2. The zero-order chi connectivity index (χ0) is 13.9. The van der Waals surface area contributed by atoms with Crippen LogP contribution in [0.3, 0.4) is 0 Å².